The third-order valence-corrected chi connectivity index (χ3v) is 6.43. The molecule has 0 bridgehead atoms. The van der Waals surface area contributed by atoms with E-state index in [1.807, 2.05) is 0 Å². The molecule has 0 spiro atoms. The molecule has 2 aromatic rings. The van der Waals surface area contributed by atoms with Gasteiger partial charge in [0.25, 0.3) is 0 Å². The molecule has 4 nitrogen and oxygen atoms in total. The van der Waals surface area contributed by atoms with Crippen LogP contribution in [0, 0.1) is 0 Å². The number of nitrogens with zero attached hydrogens (tertiary/aromatic N) is 1. The van der Waals surface area contributed by atoms with E-state index in [1.54, 1.807) is 14.1 Å². The minimum absolute atomic E-state index is 0.111. The molecular weight excluding hydrogens is 396 g/mol. The van der Waals surface area contributed by atoms with E-state index in [0.717, 1.165) is 6.42 Å². The number of amides is 1. The van der Waals surface area contributed by atoms with Crippen LogP contribution in [0.5, 0.6) is 0 Å². The molecule has 1 N–H and O–H groups in total. The molecule has 0 aromatic heterocycles. The number of hydrogen-bond donors (Lipinski definition) is 1. The molecule has 2 aromatic carbocycles. The summed E-state index contributed by atoms with van der Waals surface area (Å²) in [6, 6.07) is 18.3. The van der Waals surface area contributed by atoms with E-state index in [2.05, 4.69) is 95.4 Å². The molecule has 3 rings (SSSR count). The zero-order valence-electron chi connectivity index (χ0n) is 21.0. The van der Waals surface area contributed by atoms with Crippen LogP contribution < -0.4 is 5.32 Å². The Morgan fingerprint density at radius 1 is 0.875 bits per heavy atom. The molecule has 1 aliphatic rings. The Labute approximate surface area is 194 Å². The van der Waals surface area contributed by atoms with Crippen molar-refractivity contribution in [2.45, 2.75) is 76.9 Å². The molecule has 0 aliphatic carbocycles. The lowest BCUT2D eigenvalue weighted by molar-refractivity contribution is 0.0819. The topological polar surface area (TPSA) is 41.6 Å². The summed E-state index contributed by atoms with van der Waals surface area (Å²) in [6.45, 7) is 14.1. The van der Waals surface area contributed by atoms with Crippen LogP contribution in [0.15, 0.2) is 48.5 Å². The van der Waals surface area contributed by atoms with Gasteiger partial charge in [-0.2, -0.15) is 0 Å². The van der Waals surface area contributed by atoms with E-state index in [-0.39, 0.29) is 35.0 Å². The maximum absolute atomic E-state index is 12.1. The Morgan fingerprint density at radius 2 is 1.31 bits per heavy atom. The Balaban J connectivity index is 1.91. The normalized spacial score (nSPS) is 19.3. The van der Waals surface area contributed by atoms with Gasteiger partial charge in [-0.05, 0) is 33.1 Å². The number of carbonyl (C=O) groups is 1. The molecule has 174 valence electrons. The highest BCUT2D eigenvalue weighted by atomic mass is 16.6. The molecule has 0 radical (unpaired) electrons. The first-order valence-corrected chi connectivity index (χ1v) is 11.7. The number of nitrogens with one attached hydrogen (secondary N) is 1. The zero-order valence-corrected chi connectivity index (χ0v) is 21.0. The van der Waals surface area contributed by atoms with Gasteiger partial charge >= 0.3 is 6.09 Å². The van der Waals surface area contributed by atoms with E-state index in [1.165, 1.54) is 27.2 Å². The third kappa shape index (κ3) is 5.72. The van der Waals surface area contributed by atoms with Crippen LogP contribution in [-0.4, -0.2) is 43.8 Å². The van der Waals surface area contributed by atoms with Gasteiger partial charge < -0.3 is 15.0 Å². The summed E-state index contributed by atoms with van der Waals surface area (Å²) >= 11 is 0. The van der Waals surface area contributed by atoms with Crippen molar-refractivity contribution in [1.29, 1.82) is 0 Å². The van der Waals surface area contributed by atoms with Crippen LogP contribution >= 0.6 is 0 Å². The van der Waals surface area contributed by atoms with E-state index in [4.69, 9.17) is 4.74 Å². The van der Waals surface area contributed by atoms with E-state index in [9.17, 15) is 4.79 Å². The summed E-state index contributed by atoms with van der Waals surface area (Å²) in [4.78, 5) is 13.5. The largest absolute Gasteiger partial charge is 0.445 e. The van der Waals surface area contributed by atoms with Crippen molar-refractivity contribution in [2.75, 3.05) is 20.6 Å². The Kier molecular flexibility index (Phi) is 7.04. The number of benzene rings is 2. The van der Waals surface area contributed by atoms with Gasteiger partial charge in [0.1, 0.15) is 6.10 Å². The minimum atomic E-state index is -0.280. The summed E-state index contributed by atoms with van der Waals surface area (Å²) in [5.74, 6) is 0.195. The molecule has 1 aliphatic heterocycles. The number of ether oxygens (including phenoxy) is 1. The summed E-state index contributed by atoms with van der Waals surface area (Å²) in [7, 11) is 3.44. The summed E-state index contributed by atoms with van der Waals surface area (Å²) in [5.41, 5.74) is 5.50. The highest BCUT2D eigenvalue weighted by Crippen LogP contribution is 2.35. The molecule has 1 heterocycles. The fraction of sp³-hybridized carbons (Fsp3) is 0.536. The Bertz CT molecular complexity index is 845. The van der Waals surface area contributed by atoms with E-state index in [0.29, 0.717) is 6.54 Å². The van der Waals surface area contributed by atoms with E-state index < -0.39 is 0 Å². The zero-order chi connectivity index (χ0) is 23.7. The average Bonchev–Trinajstić information content (AvgIpc) is 3.15. The fourth-order valence-electron chi connectivity index (χ4n) is 4.36. The van der Waals surface area contributed by atoms with Crippen molar-refractivity contribution >= 4 is 6.09 Å². The van der Waals surface area contributed by atoms with Gasteiger partial charge in [-0.25, -0.2) is 4.79 Å². The molecule has 2 atom stereocenters. The van der Waals surface area contributed by atoms with Gasteiger partial charge in [-0.1, -0.05) is 90.1 Å². The molecule has 32 heavy (non-hydrogen) atoms. The first kappa shape index (κ1) is 24.3. The second-order valence-corrected chi connectivity index (χ2v) is 11.4. The second kappa shape index (κ2) is 9.27. The van der Waals surface area contributed by atoms with Crippen LogP contribution in [0.4, 0.5) is 4.79 Å². The Hall–Kier alpha value is -2.33. The smallest absolute Gasteiger partial charge is 0.409 e. The standard InChI is InChI=1S/C28H40N2O2/c1-27(2,3)21-13-9-19(10-14-21)25(20-11-15-22(16-12-20)28(4,5)6)24-17-23(18-29-24)32-26(31)30(7)8/h9-16,23-25,29H,17-18H2,1-8H3/t23-,24?/m1/s1. The summed E-state index contributed by atoms with van der Waals surface area (Å²) < 4.78 is 5.68. The molecule has 1 amide bonds. The van der Waals surface area contributed by atoms with E-state index >= 15 is 0 Å². The van der Waals surface area contributed by atoms with Crippen molar-refractivity contribution in [3.8, 4) is 0 Å². The fourth-order valence-corrected chi connectivity index (χ4v) is 4.36. The SMILES string of the molecule is CN(C)C(=O)O[C@H]1CNC(C(c2ccc(C(C)(C)C)cc2)c2ccc(C(C)(C)C)cc2)C1. The minimum Gasteiger partial charge on any atom is -0.445 e. The van der Waals surface area contributed by atoms with Crippen molar-refractivity contribution in [3.05, 3.63) is 70.8 Å². The van der Waals surface area contributed by atoms with Gasteiger partial charge in [-0.15, -0.1) is 0 Å². The molecule has 1 fully saturated rings. The monoisotopic (exact) mass is 436 g/mol. The highest BCUT2D eigenvalue weighted by molar-refractivity contribution is 5.67. The lowest BCUT2D eigenvalue weighted by atomic mass is 9.80. The van der Waals surface area contributed by atoms with Crippen LogP contribution in [0.1, 0.15) is 76.1 Å². The average molecular weight is 437 g/mol. The van der Waals surface area contributed by atoms with Crippen LogP contribution in [-0.2, 0) is 15.6 Å². The van der Waals surface area contributed by atoms with Gasteiger partial charge in [0, 0.05) is 39.0 Å². The lowest BCUT2D eigenvalue weighted by Gasteiger charge is -2.27. The molecule has 0 saturated carbocycles. The number of hydrogen-bond acceptors (Lipinski definition) is 3. The molecule has 4 heteroatoms. The number of rotatable bonds is 4. The van der Waals surface area contributed by atoms with Crippen LogP contribution in [0.25, 0.3) is 0 Å². The van der Waals surface area contributed by atoms with Crippen molar-refractivity contribution in [3.63, 3.8) is 0 Å². The van der Waals surface area contributed by atoms with Gasteiger partial charge in [0.05, 0.1) is 0 Å². The maximum atomic E-state index is 12.1. The molecule has 1 unspecified atom stereocenters. The quantitative estimate of drug-likeness (QED) is 0.654. The molecular formula is C28H40N2O2. The second-order valence-electron chi connectivity index (χ2n) is 11.4. The summed E-state index contributed by atoms with van der Waals surface area (Å²) in [6.07, 6.45) is 0.407. The number of carbonyl (C=O) groups excluding carboxylic acids is 1. The summed E-state index contributed by atoms with van der Waals surface area (Å²) in [5, 5.41) is 3.64. The third-order valence-electron chi connectivity index (χ3n) is 6.43. The van der Waals surface area contributed by atoms with Crippen molar-refractivity contribution in [2.24, 2.45) is 0 Å². The first-order valence-electron chi connectivity index (χ1n) is 11.7. The lowest BCUT2D eigenvalue weighted by Crippen LogP contribution is -2.30. The van der Waals surface area contributed by atoms with Gasteiger partial charge in [0.15, 0.2) is 0 Å². The Morgan fingerprint density at radius 3 is 1.69 bits per heavy atom. The van der Waals surface area contributed by atoms with Crippen LogP contribution in [0.2, 0.25) is 0 Å². The van der Waals surface area contributed by atoms with Gasteiger partial charge in [0.2, 0.25) is 0 Å². The molecule has 1 saturated heterocycles. The van der Waals surface area contributed by atoms with Crippen LogP contribution in [0.3, 0.4) is 0 Å². The van der Waals surface area contributed by atoms with Crippen molar-refractivity contribution < 1.29 is 9.53 Å². The first-order chi connectivity index (χ1) is 14.9. The van der Waals surface area contributed by atoms with Gasteiger partial charge in [-0.3, -0.25) is 0 Å². The predicted octanol–water partition coefficient (Wildman–Crippen LogP) is 5.84. The van der Waals surface area contributed by atoms with Crippen molar-refractivity contribution in [1.82, 2.24) is 10.2 Å². The predicted molar refractivity (Wildman–Crippen MR) is 132 cm³/mol. The highest BCUT2D eigenvalue weighted by Gasteiger charge is 2.34. The maximum Gasteiger partial charge on any atom is 0.409 e.